The highest BCUT2D eigenvalue weighted by Gasteiger charge is 2.19. The SMILES string of the molecule is CCN(Cc1ccc(OC)cc1)C(=O)c1cc(F)ccc1OC. The number of ether oxygens (including phenoxy) is 2. The topological polar surface area (TPSA) is 38.8 Å². The average molecular weight is 317 g/mol. The second-order valence-electron chi connectivity index (χ2n) is 5.01. The minimum atomic E-state index is -0.463. The Bertz CT molecular complexity index is 670. The number of methoxy groups -OCH3 is 2. The molecule has 0 saturated carbocycles. The fourth-order valence-electron chi connectivity index (χ4n) is 2.30. The van der Waals surface area contributed by atoms with E-state index in [1.165, 1.54) is 25.3 Å². The lowest BCUT2D eigenvalue weighted by Gasteiger charge is -2.22. The molecule has 5 heteroatoms. The van der Waals surface area contributed by atoms with E-state index in [-0.39, 0.29) is 11.5 Å². The number of halogens is 1. The van der Waals surface area contributed by atoms with Crippen LogP contribution in [0, 0.1) is 5.82 Å². The van der Waals surface area contributed by atoms with Crippen LogP contribution in [-0.4, -0.2) is 31.6 Å². The van der Waals surface area contributed by atoms with Crippen LogP contribution < -0.4 is 9.47 Å². The number of carbonyl (C=O) groups is 1. The van der Waals surface area contributed by atoms with Gasteiger partial charge in [-0.05, 0) is 42.8 Å². The molecule has 0 bridgehead atoms. The maximum absolute atomic E-state index is 13.5. The molecule has 4 nitrogen and oxygen atoms in total. The Balaban J connectivity index is 2.22. The van der Waals surface area contributed by atoms with Gasteiger partial charge < -0.3 is 14.4 Å². The zero-order chi connectivity index (χ0) is 16.8. The van der Waals surface area contributed by atoms with Gasteiger partial charge in [0.25, 0.3) is 5.91 Å². The molecule has 0 aliphatic heterocycles. The van der Waals surface area contributed by atoms with Crippen molar-refractivity contribution in [2.45, 2.75) is 13.5 Å². The van der Waals surface area contributed by atoms with Crippen molar-refractivity contribution < 1.29 is 18.7 Å². The van der Waals surface area contributed by atoms with Crippen LogP contribution in [0.2, 0.25) is 0 Å². The van der Waals surface area contributed by atoms with Gasteiger partial charge in [0.15, 0.2) is 0 Å². The molecule has 0 aliphatic carbocycles. The Morgan fingerprint density at radius 3 is 2.35 bits per heavy atom. The van der Waals surface area contributed by atoms with Gasteiger partial charge in [0.2, 0.25) is 0 Å². The second kappa shape index (κ2) is 7.63. The molecule has 0 unspecified atom stereocenters. The Hall–Kier alpha value is -2.56. The van der Waals surface area contributed by atoms with Gasteiger partial charge in [-0.2, -0.15) is 0 Å². The number of nitrogens with zero attached hydrogens (tertiary/aromatic N) is 1. The van der Waals surface area contributed by atoms with E-state index >= 15 is 0 Å². The highest BCUT2D eigenvalue weighted by atomic mass is 19.1. The van der Waals surface area contributed by atoms with Crippen molar-refractivity contribution in [1.29, 1.82) is 0 Å². The molecule has 0 N–H and O–H groups in total. The molecule has 2 aromatic rings. The summed E-state index contributed by atoms with van der Waals surface area (Å²) in [5, 5.41) is 0. The van der Waals surface area contributed by atoms with Crippen molar-refractivity contribution in [3.63, 3.8) is 0 Å². The van der Waals surface area contributed by atoms with Gasteiger partial charge in [0, 0.05) is 13.1 Å². The lowest BCUT2D eigenvalue weighted by Crippen LogP contribution is -2.30. The standard InChI is InChI=1S/C18H20FNO3/c1-4-20(12-13-5-8-15(22-2)9-6-13)18(21)16-11-14(19)7-10-17(16)23-3/h5-11H,4,12H2,1-3H3. The Morgan fingerprint density at radius 1 is 1.09 bits per heavy atom. The number of hydrogen-bond acceptors (Lipinski definition) is 3. The molecule has 0 aliphatic rings. The molecule has 122 valence electrons. The summed E-state index contributed by atoms with van der Waals surface area (Å²) in [5.74, 6) is 0.397. The van der Waals surface area contributed by atoms with Crippen molar-refractivity contribution in [3.8, 4) is 11.5 Å². The monoisotopic (exact) mass is 317 g/mol. The van der Waals surface area contributed by atoms with Gasteiger partial charge in [-0.15, -0.1) is 0 Å². The third-order valence-electron chi connectivity index (χ3n) is 3.59. The zero-order valence-electron chi connectivity index (χ0n) is 13.5. The molecular weight excluding hydrogens is 297 g/mol. The highest BCUT2D eigenvalue weighted by molar-refractivity contribution is 5.97. The molecular formula is C18H20FNO3. The Labute approximate surface area is 135 Å². The van der Waals surface area contributed by atoms with E-state index < -0.39 is 5.82 Å². The molecule has 0 heterocycles. The summed E-state index contributed by atoms with van der Waals surface area (Å²) in [6.07, 6.45) is 0. The first-order chi connectivity index (χ1) is 11.1. The summed E-state index contributed by atoms with van der Waals surface area (Å²) in [5.41, 5.74) is 1.19. The number of carbonyl (C=O) groups excluding carboxylic acids is 1. The van der Waals surface area contributed by atoms with Crippen LogP contribution in [-0.2, 0) is 6.54 Å². The van der Waals surface area contributed by atoms with Gasteiger partial charge in [0.05, 0.1) is 19.8 Å². The zero-order valence-corrected chi connectivity index (χ0v) is 13.5. The first-order valence-corrected chi connectivity index (χ1v) is 7.34. The quantitative estimate of drug-likeness (QED) is 0.818. The van der Waals surface area contributed by atoms with Crippen LogP contribution in [0.4, 0.5) is 4.39 Å². The summed E-state index contributed by atoms with van der Waals surface area (Å²) in [6.45, 7) is 2.82. The maximum Gasteiger partial charge on any atom is 0.258 e. The van der Waals surface area contributed by atoms with Gasteiger partial charge in [-0.25, -0.2) is 4.39 Å². The maximum atomic E-state index is 13.5. The van der Waals surface area contributed by atoms with Crippen LogP contribution in [0.5, 0.6) is 11.5 Å². The fourth-order valence-corrected chi connectivity index (χ4v) is 2.30. The molecule has 0 radical (unpaired) electrons. The van der Waals surface area contributed by atoms with Gasteiger partial charge >= 0.3 is 0 Å². The summed E-state index contributed by atoms with van der Waals surface area (Å²) in [7, 11) is 3.07. The lowest BCUT2D eigenvalue weighted by atomic mass is 10.1. The minimum absolute atomic E-state index is 0.225. The molecule has 2 rings (SSSR count). The van der Waals surface area contributed by atoms with Crippen LogP contribution in [0.3, 0.4) is 0 Å². The second-order valence-corrected chi connectivity index (χ2v) is 5.01. The van der Waals surface area contributed by atoms with Crippen LogP contribution in [0.1, 0.15) is 22.8 Å². The van der Waals surface area contributed by atoms with E-state index in [2.05, 4.69) is 0 Å². The molecule has 0 spiro atoms. The Kier molecular flexibility index (Phi) is 5.57. The number of hydrogen-bond donors (Lipinski definition) is 0. The largest absolute Gasteiger partial charge is 0.497 e. The predicted molar refractivity (Wildman–Crippen MR) is 86.4 cm³/mol. The first-order valence-electron chi connectivity index (χ1n) is 7.34. The first kappa shape index (κ1) is 16.8. The number of rotatable bonds is 6. The molecule has 0 atom stereocenters. The third kappa shape index (κ3) is 4.00. The van der Waals surface area contributed by atoms with E-state index in [0.29, 0.717) is 18.8 Å². The predicted octanol–water partition coefficient (Wildman–Crippen LogP) is 3.51. The van der Waals surface area contributed by atoms with Crippen molar-refractivity contribution in [2.75, 3.05) is 20.8 Å². The smallest absolute Gasteiger partial charge is 0.258 e. The Morgan fingerprint density at radius 2 is 1.78 bits per heavy atom. The lowest BCUT2D eigenvalue weighted by molar-refractivity contribution is 0.0748. The normalized spacial score (nSPS) is 10.3. The van der Waals surface area contributed by atoms with E-state index in [1.807, 2.05) is 31.2 Å². The van der Waals surface area contributed by atoms with Crippen LogP contribution in [0.15, 0.2) is 42.5 Å². The summed E-state index contributed by atoms with van der Waals surface area (Å²) < 4.78 is 23.8. The van der Waals surface area contributed by atoms with Gasteiger partial charge in [-0.3, -0.25) is 4.79 Å². The summed E-state index contributed by atoms with van der Waals surface area (Å²) in [6, 6.07) is 11.4. The number of benzene rings is 2. The van der Waals surface area contributed by atoms with Crippen molar-refractivity contribution in [1.82, 2.24) is 4.90 Å². The number of amides is 1. The molecule has 1 amide bonds. The van der Waals surface area contributed by atoms with E-state index in [0.717, 1.165) is 11.3 Å². The van der Waals surface area contributed by atoms with Crippen molar-refractivity contribution in [2.24, 2.45) is 0 Å². The van der Waals surface area contributed by atoms with Crippen LogP contribution in [0.25, 0.3) is 0 Å². The van der Waals surface area contributed by atoms with Gasteiger partial charge in [0.1, 0.15) is 17.3 Å². The van der Waals surface area contributed by atoms with Gasteiger partial charge in [-0.1, -0.05) is 12.1 Å². The summed E-state index contributed by atoms with van der Waals surface area (Å²) in [4.78, 5) is 14.3. The molecule has 23 heavy (non-hydrogen) atoms. The van der Waals surface area contributed by atoms with E-state index in [1.54, 1.807) is 12.0 Å². The molecule has 2 aromatic carbocycles. The van der Waals surface area contributed by atoms with Crippen molar-refractivity contribution in [3.05, 3.63) is 59.4 Å². The van der Waals surface area contributed by atoms with E-state index in [4.69, 9.17) is 9.47 Å². The molecule has 0 saturated heterocycles. The molecule has 0 aromatic heterocycles. The van der Waals surface area contributed by atoms with E-state index in [9.17, 15) is 9.18 Å². The highest BCUT2D eigenvalue weighted by Crippen LogP contribution is 2.22. The molecule has 0 fully saturated rings. The van der Waals surface area contributed by atoms with Crippen molar-refractivity contribution >= 4 is 5.91 Å². The fraction of sp³-hybridized carbons (Fsp3) is 0.278. The van der Waals surface area contributed by atoms with Crippen LogP contribution >= 0.6 is 0 Å². The third-order valence-corrected chi connectivity index (χ3v) is 3.59. The average Bonchev–Trinajstić information content (AvgIpc) is 2.59. The minimum Gasteiger partial charge on any atom is -0.497 e. The summed E-state index contributed by atoms with van der Waals surface area (Å²) >= 11 is 0.